The highest BCUT2D eigenvalue weighted by Crippen LogP contribution is 2.18. The molecule has 1 N–H and O–H groups in total. The summed E-state index contributed by atoms with van der Waals surface area (Å²) in [5.41, 5.74) is 0. The molecule has 0 radical (unpaired) electrons. The Morgan fingerprint density at radius 3 is 2.58 bits per heavy atom. The van der Waals surface area contributed by atoms with Crippen LogP contribution in [0, 0.1) is 0 Å². The smallest absolute Gasteiger partial charge is 0.245 e. The predicted molar refractivity (Wildman–Crippen MR) is 75.9 cm³/mol. The number of nitrogens with zero attached hydrogens (tertiary/aromatic N) is 1. The lowest BCUT2D eigenvalue weighted by Crippen LogP contribution is -2.61. The molecular weight excluding hydrogens is 260 g/mol. The Kier molecular flexibility index (Phi) is 4.47. The Morgan fingerprint density at radius 2 is 1.89 bits per heavy atom. The molecule has 4 nitrogen and oxygen atoms in total. The number of piperazine rings is 1. The highest BCUT2D eigenvalue weighted by atomic mass is 32.2. The fourth-order valence-corrected chi connectivity index (χ4v) is 2.93. The summed E-state index contributed by atoms with van der Waals surface area (Å²) >= 11 is 1.70. The Morgan fingerprint density at radius 1 is 1.21 bits per heavy atom. The number of thioether (sulfide) groups is 1. The van der Waals surface area contributed by atoms with Gasteiger partial charge in [0.15, 0.2) is 0 Å². The molecule has 1 aromatic rings. The quantitative estimate of drug-likeness (QED) is 0.849. The van der Waals surface area contributed by atoms with Crippen LogP contribution >= 0.6 is 11.8 Å². The molecule has 2 unspecified atom stereocenters. The van der Waals surface area contributed by atoms with E-state index in [4.69, 9.17) is 0 Å². The Labute approximate surface area is 117 Å². The maximum absolute atomic E-state index is 12.0. The van der Waals surface area contributed by atoms with Gasteiger partial charge in [-0.15, -0.1) is 11.8 Å². The standard InChI is InChI=1S/C14H18N2O2S/c1-10-14(18)16(11(2)13(17)15-10)8-9-19-12-6-4-3-5-7-12/h3-7,10-11H,8-9H2,1-2H3,(H,15,17). The molecule has 1 fully saturated rings. The van der Waals surface area contributed by atoms with Crippen molar-refractivity contribution in [1.82, 2.24) is 10.2 Å². The average molecular weight is 278 g/mol. The lowest BCUT2D eigenvalue weighted by molar-refractivity contribution is -0.147. The van der Waals surface area contributed by atoms with E-state index < -0.39 is 6.04 Å². The van der Waals surface area contributed by atoms with E-state index in [1.807, 2.05) is 30.3 Å². The molecule has 1 heterocycles. The predicted octanol–water partition coefficient (Wildman–Crippen LogP) is 1.51. The van der Waals surface area contributed by atoms with Gasteiger partial charge in [0, 0.05) is 17.2 Å². The van der Waals surface area contributed by atoms with Gasteiger partial charge in [0.1, 0.15) is 12.1 Å². The second-order valence-corrected chi connectivity index (χ2v) is 5.77. The number of carbonyl (C=O) groups excluding carboxylic acids is 2. The van der Waals surface area contributed by atoms with Gasteiger partial charge < -0.3 is 10.2 Å². The van der Waals surface area contributed by atoms with E-state index in [-0.39, 0.29) is 17.9 Å². The molecule has 2 rings (SSSR count). The molecule has 2 atom stereocenters. The Balaban J connectivity index is 1.90. The van der Waals surface area contributed by atoms with Gasteiger partial charge in [-0.2, -0.15) is 0 Å². The lowest BCUT2D eigenvalue weighted by atomic mass is 10.1. The van der Waals surface area contributed by atoms with Crippen molar-refractivity contribution in [3.8, 4) is 0 Å². The van der Waals surface area contributed by atoms with E-state index >= 15 is 0 Å². The average Bonchev–Trinajstić information content (AvgIpc) is 2.42. The number of nitrogens with one attached hydrogen (secondary N) is 1. The van der Waals surface area contributed by atoms with Crippen molar-refractivity contribution < 1.29 is 9.59 Å². The summed E-state index contributed by atoms with van der Waals surface area (Å²) in [6, 6.07) is 9.26. The number of rotatable bonds is 4. The van der Waals surface area contributed by atoms with Crippen LogP contribution in [0.5, 0.6) is 0 Å². The monoisotopic (exact) mass is 278 g/mol. The summed E-state index contributed by atoms with van der Waals surface area (Å²) in [6.45, 7) is 4.09. The van der Waals surface area contributed by atoms with Crippen LogP contribution < -0.4 is 5.32 Å². The molecular formula is C14H18N2O2S. The van der Waals surface area contributed by atoms with Gasteiger partial charge in [-0.05, 0) is 26.0 Å². The Hall–Kier alpha value is -1.49. The van der Waals surface area contributed by atoms with Crippen LogP contribution in [0.1, 0.15) is 13.8 Å². The molecule has 0 spiro atoms. The van der Waals surface area contributed by atoms with E-state index in [2.05, 4.69) is 5.32 Å². The second kappa shape index (κ2) is 6.10. The molecule has 19 heavy (non-hydrogen) atoms. The minimum Gasteiger partial charge on any atom is -0.343 e. The molecule has 102 valence electrons. The summed E-state index contributed by atoms with van der Waals surface area (Å²) in [4.78, 5) is 26.6. The number of hydrogen-bond donors (Lipinski definition) is 1. The van der Waals surface area contributed by atoms with Crippen LogP contribution in [0.25, 0.3) is 0 Å². The zero-order valence-corrected chi connectivity index (χ0v) is 11.9. The van der Waals surface area contributed by atoms with Crippen LogP contribution in [-0.4, -0.2) is 41.1 Å². The van der Waals surface area contributed by atoms with Gasteiger partial charge in [-0.25, -0.2) is 0 Å². The zero-order valence-electron chi connectivity index (χ0n) is 11.1. The number of amides is 2. The first kappa shape index (κ1) is 13.9. The van der Waals surface area contributed by atoms with Crippen molar-refractivity contribution in [3.63, 3.8) is 0 Å². The van der Waals surface area contributed by atoms with E-state index in [1.54, 1.807) is 30.5 Å². The highest BCUT2D eigenvalue weighted by Gasteiger charge is 2.35. The molecule has 1 aliphatic heterocycles. The molecule has 0 saturated carbocycles. The van der Waals surface area contributed by atoms with Crippen molar-refractivity contribution in [1.29, 1.82) is 0 Å². The fraction of sp³-hybridized carbons (Fsp3) is 0.429. The molecule has 1 aliphatic rings. The number of hydrogen-bond acceptors (Lipinski definition) is 3. The molecule has 1 saturated heterocycles. The molecule has 0 aromatic heterocycles. The molecule has 5 heteroatoms. The first-order valence-corrected chi connectivity index (χ1v) is 7.37. The number of carbonyl (C=O) groups is 2. The molecule has 0 aliphatic carbocycles. The van der Waals surface area contributed by atoms with Gasteiger partial charge in [0.05, 0.1) is 0 Å². The third-order valence-electron chi connectivity index (χ3n) is 3.20. The topological polar surface area (TPSA) is 49.4 Å². The van der Waals surface area contributed by atoms with Crippen LogP contribution in [0.3, 0.4) is 0 Å². The maximum atomic E-state index is 12.0. The van der Waals surface area contributed by atoms with Crippen LogP contribution in [-0.2, 0) is 9.59 Å². The van der Waals surface area contributed by atoms with Gasteiger partial charge in [-0.3, -0.25) is 9.59 Å². The van der Waals surface area contributed by atoms with Crippen molar-refractivity contribution in [2.75, 3.05) is 12.3 Å². The largest absolute Gasteiger partial charge is 0.343 e. The van der Waals surface area contributed by atoms with Crippen LogP contribution in [0.2, 0.25) is 0 Å². The van der Waals surface area contributed by atoms with E-state index in [9.17, 15) is 9.59 Å². The molecule has 0 bridgehead atoms. The molecule has 1 aromatic carbocycles. The summed E-state index contributed by atoms with van der Waals surface area (Å²) in [5, 5.41) is 2.68. The van der Waals surface area contributed by atoms with E-state index in [0.29, 0.717) is 6.54 Å². The van der Waals surface area contributed by atoms with Gasteiger partial charge in [-0.1, -0.05) is 18.2 Å². The summed E-state index contributed by atoms with van der Waals surface area (Å²) in [5.74, 6) is 0.720. The van der Waals surface area contributed by atoms with Crippen molar-refractivity contribution >= 4 is 23.6 Å². The van der Waals surface area contributed by atoms with E-state index in [0.717, 1.165) is 5.75 Å². The van der Waals surface area contributed by atoms with Crippen molar-refractivity contribution in [2.24, 2.45) is 0 Å². The minimum absolute atomic E-state index is 0.000705. The van der Waals surface area contributed by atoms with Gasteiger partial charge in [0.2, 0.25) is 11.8 Å². The fourth-order valence-electron chi connectivity index (χ4n) is 2.06. The summed E-state index contributed by atoms with van der Waals surface area (Å²) in [7, 11) is 0. The van der Waals surface area contributed by atoms with Crippen molar-refractivity contribution in [2.45, 2.75) is 30.8 Å². The zero-order chi connectivity index (χ0) is 13.8. The summed E-state index contributed by atoms with van der Waals surface area (Å²) in [6.07, 6.45) is 0. The van der Waals surface area contributed by atoms with Crippen molar-refractivity contribution in [3.05, 3.63) is 30.3 Å². The SMILES string of the molecule is CC1NC(=O)C(C)N(CCSc2ccccc2)C1=O. The van der Waals surface area contributed by atoms with Crippen LogP contribution in [0.15, 0.2) is 35.2 Å². The molecule has 2 amide bonds. The van der Waals surface area contributed by atoms with E-state index in [1.165, 1.54) is 4.90 Å². The maximum Gasteiger partial charge on any atom is 0.245 e. The lowest BCUT2D eigenvalue weighted by Gasteiger charge is -2.36. The van der Waals surface area contributed by atoms with Gasteiger partial charge >= 0.3 is 0 Å². The second-order valence-electron chi connectivity index (χ2n) is 4.60. The highest BCUT2D eigenvalue weighted by molar-refractivity contribution is 7.99. The third kappa shape index (κ3) is 3.29. The number of benzene rings is 1. The first-order valence-electron chi connectivity index (χ1n) is 6.38. The first-order chi connectivity index (χ1) is 9.09. The normalized spacial score (nSPS) is 23.4. The Bertz CT molecular complexity index is 464. The third-order valence-corrected chi connectivity index (χ3v) is 4.20. The van der Waals surface area contributed by atoms with Crippen LogP contribution in [0.4, 0.5) is 0 Å². The summed E-state index contributed by atoms with van der Waals surface area (Å²) < 4.78 is 0. The van der Waals surface area contributed by atoms with Gasteiger partial charge in [0.25, 0.3) is 0 Å². The minimum atomic E-state index is -0.412.